The molecular formula is C11H12ClN3O4. The number of halogens is 1. The van der Waals surface area contributed by atoms with Crippen LogP contribution < -0.4 is 0 Å². The highest BCUT2D eigenvalue weighted by Crippen LogP contribution is 2.25. The first-order valence-corrected chi connectivity index (χ1v) is 5.75. The number of carboxylic acid groups (broad SMARTS) is 1. The Kier molecular flexibility index (Phi) is 5.59. The molecule has 0 aliphatic rings. The molecule has 7 nitrogen and oxygen atoms in total. The number of nitrogens with zero attached hydrogens (tertiary/aromatic N) is 3. The maximum Gasteiger partial charge on any atom is 0.336 e. The van der Waals surface area contributed by atoms with E-state index in [2.05, 4.69) is 10.0 Å². The van der Waals surface area contributed by atoms with Gasteiger partial charge in [0.2, 0.25) is 0 Å². The first-order valence-electron chi connectivity index (χ1n) is 5.37. The molecule has 1 rings (SSSR count). The minimum atomic E-state index is -1.39. The number of hydrogen-bond donors (Lipinski definition) is 3. The van der Waals surface area contributed by atoms with Gasteiger partial charge in [-0.15, -0.1) is 0 Å². The van der Waals surface area contributed by atoms with E-state index in [4.69, 9.17) is 22.2 Å². The van der Waals surface area contributed by atoms with Gasteiger partial charge in [0.05, 0.1) is 11.7 Å². The average molecular weight is 286 g/mol. The van der Waals surface area contributed by atoms with Gasteiger partial charge in [0.15, 0.2) is 0 Å². The van der Waals surface area contributed by atoms with Crippen LogP contribution in [0.2, 0.25) is 5.02 Å². The molecule has 0 aromatic heterocycles. The third-order valence-electron chi connectivity index (χ3n) is 2.52. The van der Waals surface area contributed by atoms with E-state index in [9.17, 15) is 15.0 Å². The largest absolute Gasteiger partial charge is 0.478 e. The van der Waals surface area contributed by atoms with E-state index in [1.807, 2.05) is 0 Å². The van der Waals surface area contributed by atoms with Crippen molar-refractivity contribution in [1.82, 2.24) is 0 Å². The average Bonchev–Trinajstić information content (AvgIpc) is 2.38. The molecule has 0 bridgehead atoms. The summed E-state index contributed by atoms with van der Waals surface area (Å²) in [6, 6.07) is 3.96. The van der Waals surface area contributed by atoms with Crippen molar-refractivity contribution in [3.8, 4) is 0 Å². The molecule has 0 heterocycles. The van der Waals surface area contributed by atoms with Gasteiger partial charge in [-0.25, -0.2) is 4.79 Å². The maximum atomic E-state index is 11.0. The molecule has 1 aromatic carbocycles. The Bertz CT molecular complexity index is 517. The van der Waals surface area contributed by atoms with Crippen molar-refractivity contribution in [2.45, 2.75) is 18.6 Å². The van der Waals surface area contributed by atoms with Gasteiger partial charge < -0.3 is 15.3 Å². The Labute approximate surface area is 113 Å². The first kappa shape index (κ1) is 15.3. The molecule has 0 aliphatic carbocycles. The normalized spacial score (nSPS) is 13.4. The molecule has 19 heavy (non-hydrogen) atoms. The van der Waals surface area contributed by atoms with Crippen LogP contribution in [0, 0.1) is 0 Å². The third kappa shape index (κ3) is 4.11. The van der Waals surface area contributed by atoms with Gasteiger partial charge in [-0.3, -0.25) is 0 Å². The van der Waals surface area contributed by atoms with Crippen molar-refractivity contribution < 1.29 is 20.1 Å². The number of aromatic carboxylic acids is 1. The predicted octanol–water partition coefficient (Wildman–Crippen LogP) is 2.13. The van der Waals surface area contributed by atoms with Crippen LogP contribution in [0.15, 0.2) is 23.3 Å². The standard InChI is InChI=1S/C11H12ClN3O4/c12-6-1-2-7(8(5-6)11(18)19)10(17)9(16)3-4-14-15-13/h1-2,5,9-10,16-17H,3-4H2,(H,18,19). The summed E-state index contributed by atoms with van der Waals surface area (Å²) < 4.78 is 0. The summed E-state index contributed by atoms with van der Waals surface area (Å²) in [6.07, 6.45) is -2.60. The Morgan fingerprint density at radius 1 is 1.47 bits per heavy atom. The molecular weight excluding hydrogens is 274 g/mol. The van der Waals surface area contributed by atoms with E-state index in [0.717, 1.165) is 0 Å². The maximum absolute atomic E-state index is 11.0. The molecule has 102 valence electrons. The van der Waals surface area contributed by atoms with Crippen molar-refractivity contribution in [3.05, 3.63) is 44.8 Å². The third-order valence-corrected chi connectivity index (χ3v) is 2.75. The van der Waals surface area contributed by atoms with Crippen LogP contribution in [-0.2, 0) is 0 Å². The fourth-order valence-corrected chi connectivity index (χ4v) is 1.74. The van der Waals surface area contributed by atoms with Crippen LogP contribution in [0.1, 0.15) is 28.4 Å². The van der Waals surface area contributed by atoms with Gasteiger partial charge in [-0.1, -0.05) is 22.8 Å². The van der Waals surface area contributed by atoms with E-state index < -0.39 is 18.2 Å². The second-order valence-electron chi connectivity index (χ2n) is 3.79. The Hall–Kier alpha value is -1.79. The number of aliphatic hydroxyl groups excluding tert-OH is 2. The highest BCUT2D eigenvalue weighted by atomic mass is 35.5. The van der Waals surface area contributed by atoms with Gasteiger partial charge >= 0.3 is 5.97 Å². The molecule has 0 fully saturated rings. The minimum absolute atomic E-state index is 0.00468. The summed E-state index contributed by atoms with van der Waals surface area (Å²) in [4.78, 5) is 13.6. The van der Waals surface area contributed by atoms with E-state index in [0.29, 0.717) is 0 Å². The smallest absolute Gasteiger partial charge is 0.336 e. The van der Waals surface area contributed by atoms with Crippen molar-refractivity contribution in [2.24, 2.45) is 5.11 Å². The fraction of sp³-hybridized carbons (Fsp3) is 0.364. The van der Waals surface area contributed by atoms with Gasteiger partial charge in [-0.2, -0.15) is 0 Å². The molecule has 0 saturated heterocycles. The summed E-state index contributed by atoms with van der Waals surface area (Å²) in [5.74, 6) is -1.25. The zero-order chi connectivity index (χ0) is 14.4. The lowest BCUT2D eigenvalue weighted by Gasteiger charge is -2.19. The molecule has 2 atom stereocenters. The van der Waals surface area contributed by atoms with Crippen LogP contribution >= 0.6 is 11.6 Å². The molecule has 2 unspecified atom stereocenters. The molecule has 0 saturated carbocycles. The number of azide groups is 1. The highest BCUT2D eigenvalue weighted by molar-refractivity contribution is 6.30. The second kappa shape index (κ2) is 6.96. The minimum Gasteiger partial charge on any atom is -0.478 e. The van der Waals surface area contributed by atoms with Gasteiger partial charge in [0.1, 0.15) is 6.10 Å². The summed E-state index contributed by atoms with van der Waals surface area (Å²) in [5.41, 5.74) is 7.99. The number of rotatable bonds is 6. The molecule has 0 spiro atoms. The molecule has 0 amide bonds. The quantitative estimate of drug-likeness (QED) is 0.420. The molecule has 0 radical (unpaired) electrons. The van der Waals surface area contributed by atoms with E-state index in [1.54, 1.807) is 0 Å². The highest BCUT2D eigenvalue weighted by Gasteiger charge is 2.23. The van der Waals surface area contributed by atoms with Gasteiger partial charge in [-0.05, 0) is 29.6 Å². The number of benzene rings is 1. The zero-order valence-electron chi connectivity index (χ0n) is 9.77. The molecule has 3 N–H and O–H groups in total. The predicted molar refractivity (Wildman–Crippen MR) is 68.0 cm³/mol. The summed E-state index contributed by atoms with van der Waals surface area (Å²) in [7, 11) is 0. The van der Waals surface area contributed by atoms with Crippen LogP contribution in [0.4, 0.5) is 0 Å². The van der Waals surface area contributed by atoms with Crippen LogP contribution in [0.5, 0.6) is 0 Å². The van der Waals surface area contributed by atoms with Crippen LogP contribution in [-0.4, -0.2) is 33.9 Å². The van der Waals surface area contributed by atoms with Crippen molar-refractivity contribution in [3.63, 3.8) is 0 Å². The number of carbonyl (C=O) groups is 1. The van der Waals surface area contributed by atoms with E-state index in [1.165, 1.54) is 18.2 Å². The molecule has 0 aliphatic heterocycles. The Balaban J connectivity index is 2.95. The van der Waals surface area contributed by atoms with Crippen LogP contribution in [0.25, 0.3) is 10.4 Å². The lowest BCUT2D eigenvalue weighted by Crippen LogP contribution is -2.21. The topological polar surface area (TPSA) is 127 Å². The lowest BCUT2D eigenvalue weighted by molar-refractivity contribution is 0.0141. The van der Waals surface area contributed by atoms with Crippen LogP contribution in [0.3, 0.4) is 0 Å². The molecule has 1 aromatic rings. The second-order valence-corrected chi connectivity index (χ2v) is 4.23. The number of aliphatic hydroxyl groups is 2. The zero-order valence-corrected chi connectivity index (χ0v) is 10.5. The summed E-state index contributed by atoms with van der Waals surface area (Å²) in [6.45, 7) is 0.00468. The van der Waals surface area contributed by atoms with Gasteiger partial charge in [0.25, 0.3) is 0 Å². The van der Waals surface area contributed by atoms with Crippen molar-refractivity contribution >= 4 is 17.6 Å². The number of carboxylic acids is 1. The lowest BCUT2D eigenvalue weighted by atomic mass is 9.97. The number of hydrogen-bond acceptors (Lipinski definition) is 4. The van der Waals surface area contributed by atoms with Crippen molar-refractivity contribution in [2.75, 3.05) is 6.54 Å². The van der Waals surface area contributed by atoms with Crippen molar-refractivity contribution in [1.29, 1.82) is 0 Å². The summed E-state index contributed by atoms with van der Waals surface area (Å²) in [5, 5.41) is 32.1. The summed E-state index contributed by atoms with van der Waals surface area (Å²) >= 11 is 5.68. The molecule has 8 heteroatoms. The SMILES string of the molecule is [N-]=[N+]=NCCC(O)C(O)c1ccc(Cl)cc1C(=O)O. The van der Waals surface area contributed by atoms with E-state index >= 15 is 0 Å². The Morgan fingerprint density at radius 3 is 2.74 bits per heavy atom. The first-order chi connectivity index (χ1) is 8.97. The van der Waals surface area contributed by atoms with E-state index in [-0.39, 0.29) is 29.1 Å². The van der Waals surface area contributed by atoms with Gasteiger partial charge in [0, 0.05) is 16.5 Å². The monoisotopic (exact) mass is 285 g/mol. The Morgan fingerprint density at radius 2 is 2.16 bits per heavy atom. The fourth-order valence-electron chi connectivity index (χ4n) is 1.57.